The molecule has 0 radical (unpaired) electrons. The Balaban J connectivity index is 2.35. The number of ether oxygens (including phenoxy) is 1. The van der Waals surface area contributed by atoms with Crippen molar-refractivity contribution in [2.24, 2.45) is 0 Å². The van der Waals surface area contributed by atoms with Gasteiger partial charge in [-0.1, -0.05) is 35.9 Å². The fourth-order valence-electron chi connectivity index (χ4n) is 2.12. The minimum atomic E-state index is 0.0408. The third-order valence-corrected chi connectivity index (χ3v) is 3.03. The van der Waals surface area contributed by atoms with Gasteiger partial charge in [-0.25, -0.2) is 0 Å². The quantitative estimate of drug-likeness (QED) is 0.773. The summed E-state index contributed by atoms with van der Waals surface area (Å²) in [5.41, 5.74) is 3.58. The van der Waals surface area contributed by atoms with Crippen LogP contribution in [0.1, 0.15) is 34.0 Å². The summed E-state index contributed by atoms with van der Waals surface area (Å²) in [4.78, 5) is 12.5. The Morgan fingerprint density at radius 1 is 1.11 bits per heavy atom. The third kappa shape index (κ3) is 3.02. The van der Waals surface area contributed by atoms with Crippen LogP contribution in [-0.4, -0.2) is 12.4 Å². The number of rotatable bonds is 4. The summed E-state index contributed by atoms with van der Waals surface area (Å²) in [6.45, 7) is 6.52. The molecule has 0 aliphatic heterocycles. The first-order chi connectivity index (χ1) is 9.11. The van der Waals surface area contributed by atoms with Gasteiger partial charge in [0.2, 0.25) is 0 Å². The number of hydrogen-bond acceptors (Lipinski definition) is 2. The monoisotopic (exact) mass is 254 g/mol. The van der Waals surface area contributed by atoms with Crippen LogP contribution in [-0.2, 0) is 0 Å². The Morgan fingerprint density at radius 3 is 2.58 bits per heavy atom. The Kier molecular flexibility index (Phi) is 4.00. The van der Waals surface area contributed by atoms with Crippen molar-refractivity contribution in [3.8, 4) is 5.75 Å². The second-order valence-corrected chi connectivity index (χ2v) is 4.61. The number of benzene rings is 2. The highest BCUT2D eigenvalue weighted by Crippen LogP contribution is 2.19. The molecule has 0 heterocycles. The molecule has 0 fully saturated rings. The van der Waals surface area contributed by atoms with Crippen LogP contribution in [0.5, 0.6) is 5.75 Å². The van der Waals surface area contributed by atoms with Crippen molar-refractivity contribution >= 4 is 5.78 Å². The van der Waals surface area contributed by atoms with Crippen LogP contribution in [0, 0.1) is 13.8 Å². The van der Waals surface area contributed by atoms with E-state index in [0.29, 0.717) is 12.2 Å². The van der Waals surface area contributed by atoms with Crippen molar-refractivity contribution in [1.29, 1.82) is 0 Å². The lowest BCUT2D eigenvalue weighted by molar-refractivity contribution is 0.103. The van der Waals surface area contributed by atoms with Gasteiger partial charge in [0.1, 0.15) is 5.75 Å². The molecule has 2 aromatic carbocycles. The van der Waals surface area contributed by atoms with Crippen molar-refractivity contribution in [2.75, 3.05) is 6.61 Å². The SMILES string of the molecule is CCOc1cccc(C(=O)c2ccc(C)cc2C)c1. The Bertz CT molecular complexity index is 600. The molecule has 0 saturated heterocycles. The average Bonchev–Trinajstić information content (AvgIpc) is 2.39. The summed E-state index contributed by atoms with van der Waals surface area (Å²) in [5, 5.41) is 0. The van der Waals surface area contributed by atoms with Crippen molar-refractivity contribution in [3.63, 3.8) is 0 Å². The molecule has 0 atom stereocenters. The fraction of sp³-hybridized carbons (Fsp3) is 0.235. The Morgan fingerprint density at radius 2 is 1.89 bits per heavy atom. The number of aryl methyl sites for hydroxylation is 2. The number of carbonyl (C=O) groups excluding carboxylic acids is 1. The van der Waals surface area contributed by atoms with E-state index in [-0.39, 0.29) is 5.78 Å². The predicted octanol–water partition coefficient (Wildman–Crippen LogP) is 3.93. The molecule has 2 rings (SSSR count). The van der Waals surface area contributed by atoms with Crippen LogP contribution in [0.4, 0.5) is 0 Å². The zero-order valence-electron chi connectivity index (χ0n) is 11.6. The molecular formula is C17H18O2. The van der Waals surface area contributed by atoms with Gasteiger partial charge in [0, 0.05) is 11.1 Å². The van der Waals surface area contributed by atoms with Gasteiger partial charge in [-0.15, -0.1) is 0 Å². The van der Waals surface area contributed by atoms with E-state index in [4.69, 9.17) is 4.74 Å². The maximum Gasteiger partial charge on any atom is 0.193 e. The van der Waals surface area contributed by atoms with Crippen LogP contribution < -0.4 is 4.74 Å². The lowest BCUT2D eigenvalue weighted by atomic mass is 9.97. The largest absolute Gasteiger partial charge is 0.494 e. The molecule has 19 heavy (non-hydrogen) atoms. The summed E-state index contributed by atoms with van der Waals surface area (Å²) in [6.07, 6.45) is 0. The Hall–Kier alpha value is -2.09. The first-order valence-corrected chi connectivity index (χ1v) is 6.46. The normalized spacial score (nSPS) is 10.3. The van der Waals surface area contributed by atoms with E-state index in [1.54, 1.807) is 6.07 Å². The molecule has 2 nitrogen and oxygen atoms in total. The molecule has 2 aromatic rings. The molecule has 0 aromatic heterocycles. The van der Waals surface area contributed by atoms with E-state index in [1.807, 2.05) is 57.2 Å². The van der Waals surface area contributed by atoms with Crippen molar-refractivity contribution in [1.82, 2.24) is 0 Å². The van der Waals surface area contributed by atoms with E-state index in [0.717, 1.165) is 22.4 Å². The standard InChI is InChI=1S/C17H18O2/c1-4-19-15-7-5-6-14(11-15)17(18)16-9-8-12(2)10-13(16)3/h5-11H,4H2,1-3H3. The summed E-state index contributed by atoms with van der Waals surface area (Å²) < 4.78 is 5.43. The van der Waals surface area contributed by atoms with Gasteiger partial charge >= 0.3 is 0 Å². The maximum atomic E-state index is 12.5. The number of hydrogen-bond donors (Lipinski definition) is 0. The van der Waals surface area contributed by atoms with Gasteiger partial charge < -0.3 is 4.74 Å². The highest BCUT2D eigenvalue weighted by Gasteiger charge is 2.12. The minimum absolute atomic E-state index is 0.0408. The second kappa shape index (κ2) is 5.70. The van der Waals surface area contributed by atoms with Gasteiger partial charge in [0.15, 0.2) is 5.78 Å². The number of carbonyl (C=O) groups is 1. The predicted molar refractivity (Wildman–Crippen MR) is 77.0 cm³/mol. The summed E-state index contributed by atoms with van der Waals surface area (Å²) in [5.74, 6) is 0.775. The van der Waals surface area contributed by atoms with E-state index in [2.05, 4.69) is 0 Å². The molecule has 0 aliphatic carbocycles. The van der Waals surface area contributed by atoms with Crippen molar-refractivity contribution in [3.05, 3.63) is 64.7 Å². The minimum Gasteiger partial charge on any atom is -0.494 e. The summed E-state index contributed by atoms with van der Waals surface area (Å²) >= 11 is 0. The number of ketones is 1. The average molecular weight is 254 g/mol. The summed E-state index contributed by atoms with van der Waals surface area (Å²) in [6, 6.07) is 13.2. The van der Waals surface area contributed by atoms with Crippen LogP contribution in [0.2, 0.25) is 0 Å². The third-order valence-electron chi connectivity index (χ3n) is 3.03. The molecular weight excluding hydrogens is 236 g/mol. The lowest BCUT2D eigenvalue weighted by Gasteiger charge is -2.08. The van der Waals surface area contributed by atoms with Gasteiger partial charge in [-0.3, -0.25) is 4.79 Å². The molecule has 0 unspecified atom stereocenters. The van der Waals surface area contributed by atoms with E-state index < -0.39 is 0 Å². The van der Waals surface area contributed by atoms with Gasteiger partial charge in [-0.05, 0) is 38.5 Å². The van der Waals surface area contributed by atoms with Crippen molar-refractivity contribution in [2.45, 2.75) is 20.8 Å². The van der Waals surface area contributed by atoms with Crippen LogP contribution >= 0.6 is 0 Å². The zero-order chi connectivity index (χ0) is 13.8. The van der Waals surface area contributed by atoms with Gasteiger partial charge in [0.25, 0.3) is 0 Å². The molecule has 0 bridgehead atoms. The molecule has 0 spiro atoms. The topological polar surface area (TPSA) is 26.3 Å². The Labute approximate surface area is 114 Å². The fourth-order valence-corrected chi connectivity index (χ4v) is 2.12. The van der Waals surface area contributed by atoms with Crippen molar-refractivity contribution < 1.29 is 9.53 Å². The van der Waals surface area contributed by atoms with Gasteiger partial charge in [0.05, 0.1) is 6.61 Å². The van der Waals surface area contributed by atoms with Crippen LogP contribution in [0.25, 0.3) is 0 Å². The maximum absolute atomic E-state index is 12.5. The molecule has 98 valence electrons. The zero-order valence-corrected chi connectivity index (χ0v) is 11.6. The van der Waals surface area contributed by atoms with Gasteiger partial charge in [-0.2, -0.15) is 0 Å². The lowest BCUT2D eigenvalue weighted by Crippen LogP contribution is -2.04. The molecule has 0 saturated carbocycles. The first kappa shape index (κ1) is 13.3. The van der Waals surface area contributed by atoms with Crippen LogP contribution in [0.3, 0.4) is 0 Å². The first-order valence-electron chi connectivity index (χ1n) is 6.46. The highest BCUT2D eigenvalue weighted by atomic mass is 16.5. The molecule has 2 heteroatoms. The summed E-state index contributed by atoms with van der Waals surface area (Å²) in [7, 11) is 0. The molecule has 0 aliphatic rings. The van der Waals surface area contributed by atoms with E-state index in [9.17, 15) is 4.79 Å². The second-order valence-electron chi connectivity index (χ2n) is 4.61. The van der Waals surface area contributed by atoms with Crippen LogP contribution in [0.15, 0.2) is 42.5 Å². The van der Waals surface area contributed by atoms with E-state index in [1.165, 1.54) is 0 Å². The molecule has 0 amide bonds. The molecule has 0 N–H and O–H groups in total. The highest BCUT2D eigenvalue weighted by molar-refractivity contribution is 6.10. The van der Waals surface area contributed by atoms with E-state index >= 15 is 0 Å². The smallest absolute Gasteiger partial charge is 0.193 e.